The van der Waals surface area contributed by atoms with Gasteiger partial charge < -0.3 is 5.11 Å². The lowest BCUT2D eigenvalue weighted by Gasteiger charge is -2.22. The molecule has 0 spiro atoms. The molecule has 0 heterocycles. The van der Waals surface area contributed by atoms with Crippen LogP contribution in [0.5, 0.6) is 0 Å². The zero-order valence-electron chi connectivity index (χ0n) is 10.5. The quantitative estimate of drug-likeness (QED) is 0.877. The van der Waals surface area contributed by atoms with Gasteiger partial charge in [-0.15, -0.1) is 0 Å². The molecule has 4 heteroatoms. The molecule has 3 nitrogen and oxygen atoms in total. The van der Waals surface area contributed by atoms with Crippen LogP contribution in [0.1, 0.15) is 30.4 Å². The SMILES string of the molecule is Cc1ccc(CN(CCC(=O)O)C2CC2)c(Br)c1. The molecule has 0 aromatic heterocycles. The molecule has 2 rings (SSSR count). The number of hydrogen-bond acceptors (Lipinski definition) is 2. The Morgan fingerprint density at radius 1 is 1.50 bits per heavy atom. The highest BCUT2D eigenvalue weighted by atomic mass is 79.9. The zero-order chi connectivity index (χ0) is 13.1. The molecule has 1 saturated carbocycles. The maximum atomic E-state index is 10.7. The summed E-state index contributed by atoms with van der Waals surface area (Å²) in [7, 11) is 0. The molecule has 0 atom stereocenters. The first-order valence-corrected chi connectivity index (χ1v) is 7.06. The summed E-state index contributed by atoms with van der Waals surface area (Å²) < 4.78 is 1.11. The van der Waals surface area contributed by atoms with E-state index in [1.54, 1.807) is 0 Å². The van der Waals surface area contributed by atoms with Crippen LogP contribution in [0.2, 0.25) is 0 Å². The fourth-order valence-corrected chi connectivity index (χ4v) is 2.69. The van der Waals surface area contributed by atoms with Crippen LogP contribution in [0.3, 0.4) is 0 Å². The van der Waals surface area contributed by atoms with Gasteiger partial charge in [-0.3, -0.25) is 9.69 Å². The van der Waals surface area contributed by atoms with Gasteiger partial charge in [0.05, 0.1) is 6.42 Å². The Morgan fingerprint density at radius 2 is 2.22 bits per heavy atom. The van der Waals surface area contributed by atoms with E-state index in [9.17, 15) is 4.79 Å². The monoisotopic (exact) mass is 311 g/mol. The molecule has 0 amide bonds. The van der Waals surface area contributed by atoms with Crippen molar-refractivity contribution in [1.82, 2.24) is 4.90 Å². The first-order chi connectivity index (χ1) is 8.56. The summed E-state index contributed by atoms with van der Waals surface area (Å²) in [5.41, 5.74) is 2.46. The van der Waals surface area contributed by atoms with Gasteiger partial charge in [-0.1, -0.05) is 28.1 Å². The molecule has 0 bridgehead atoms. The minimum Gasteiger partial charge on any atom is -0.481 e. The summed E-state index contributed by atoms with van der Waals surface area (Å²) in [5.74, 6) is -0.719. The predicted molar refractivity (Wildman–Crippen MR) is 74.6 cm³/mol. The fraction of sp³-hybridized carbons (Fsp3) is 0.500. The summed E-state index contributed by atoms with van der Waals surface area (Å²) >= 11 is 3.58. The minimum atomic E-state index is -0.719. The van der Waals surface area contributed by atoms with Gasteiger partial charge in [0.2, 0.25) is 0 Å². The average Bonchev–Trinajstić information content (AvgIpc) is 3.10. The molecule has 0 radical (unpaired) electrons. The molecule has 98 valence electrons. The average molecular weight is 312 g/mol. The Kier molecular flexibility index (Phi) is 4.40. The van der Waals surface area contributed by atoms with Gasteiger partial charge in [-0.05, 0) is 37.0 Å². The smallest absolute Gasteiger partial charge is 0.304 e. The van der Waals surface area contributed by atoms with E-state index < -0.39 is 5.97 Å². The van der Waals surface area contributed by atoms with E-state index in [1.807, 2.05) is 0 Å². The lowest BCUT2D eigenvalue weighted by molar-refractivity contribution is -0.137. The number of aliphatic carboxylic acids is 1. The highest BCUT2D eigenvalue weighted by molar-refractivity contribution is 9.10. The van der Waals surface area contributed by atoms with Gasteiger partial charge >= 0.3 is 5.97 Å². The van der Waals surface area contributed by atoms with Crippen molar-refractivity contribution in [3.05, 3.63) is 33.8 Å². The van der Waals surface area contributed by atoms with E-state index >= 15 is 0 Å². The number of carboxylic acids is 1. The first kappa shape index (κ1) is 13.6. The topological polar surface area (TPSA) is 40.5 Å². The number of halogens is 1. The maximum Gasteiger partial charge on any atom is 0.304 e. The number of rotatable bonds is 6. The first-order valence-electron chi connectivity index (χ1n) is 6.27. The molecule has 0 unspecified atom stereocenters. The maximum absolute atomic E-state index is 10.7. The van der Waals surface area contributed by atoms with Crippen LogP contribution in [-0.2, 0) is 11.3 Å². The Hall–Kier alpha value is -0.870. The molecule has 1 N–H and O–H groups in total. The third-order valence-corrected chi connectivity index (χ3v) is 4.00. The molecule has 0 saturated heterocycles. The number of aryl methyl sites for hydroxylation is 1. The van der Waals surface area contributed by atoms with E-state index in [4.69, 9.17) is 5.11 Å². The number of nitrogens with zero attached hydrogens (tertiary/aromatic N) is 1. The second kappa shape index (κ2) is 5.85. The zero-order valence-corrected chi connectivity index (χ0v) is 12.1. The van der Waals surface area contributed by atoms with Gasteiger partial charge in [0.25, 0.3) is 0 Å². The van der Waals surface area contributed by atoms with Crippen molar-refractivity contribution in [3.8, 4) is 0 Å². The van der Waals surface area contributed by atoms with Crippen LogP contribution in [-0.4, -0.2) is 28.6 Å². The van der Waals surface area contributed by atoms with Gasteiger partial charge in [-0.2, -0.15) is 0 Å². The van der Waals surface area contributed by atoms with Crippen molar-refractivity contribution in [3.63, 3.8) is 0 Å². The van der Waals surface area contributed by atoms with E-state index in [1.165, 1.54) is 24.0 Å². The second-order valence-corrected chi connectivity index (χ2v) is 5.79. The summed E-state index contributed by atoms with van der Waals surface area (Å²) in [6.07, 6.45) is 2.62. The Morgan fingerprint density at radius 3 is 2.78 bits per heavy atom. The van der Waals surface area contributed by atoms with Crippen LogP contribution < -0.4 is 0 Å². The van der Waals surface area contributed by atoms with Crippen molar-refractivity contribution < 1.29 is 9.90 Å². The van der Waals surface area contributed by atoms with Crippen molar-refractivity contribution in [2.75, 3.05) is 6.54 Å². The fourth-order valence-electron chi connectivity index (χ4n) is 2.07. The lowest BCUT2D eigenvalue weighted by Crippen LogP contribution is -2.28. The Labute approximate surface area is 116 Å². The van der Waals surface area contributed by atoms with Crippen LogP contribution >= 0.6 is 15.9 Å². The van der Waals surface area contributed by atoms with Crippen molar-refractivity contribution in [1.29, 1.82) is 0 Å². The number of carboxylic acid groups (broad SMARTS) is 1. The molecular formula is C14H18BrNO2. The third-order valence-electron chi connectivity index (χ3n) is 3.26. The van der Waals surface area contributed by atoms with Crippen molar-refractivity contribution in [2.45, 2.75) is 38.8 Å². The standard InChI is InChI=1S/C14H18BrNO2/c1-10-2-3-11(13(15)8-10)9-16(12-4-5-12)7-6-14(17)18/h2-3,8,12H,4-7,9H2,1H3,(H,17,18). The molecule has 1 fully saturated rings. The Bertz CT molecular complexity index is 443. The van der Waals surface area contributed by atoms with Crippen LogP contribution in [0.15, 0.2) is 22.7 Å². The van der Waals surface area contributed by atoms with Crippen molar-refractivity contribution in [2.24, 2.45) is 0 Å². The van der Waals surface area contributed by atoms with E-state index in [0.717, 1.165) is 11.0 Å². The van der Waals surface area contributed by atoms with Gasteiger partial charge in [0.1, 0.15) is 0 Å². The largest absolute Gasteiger partial charge is 0.481 e. The molecule has 1 aromatic rings. The summed E-state index contributed by atoms with van der Waals surface area (Å²) in [4.78, 5) is 13.0. The Balaban J connectivity index is 2.01. The highest BCUT2D eigenvalue weighted by Crippen LogP contribution is 2.30. The summed E-state index contributed by atoms with van der Waals surface area (Å²) in [6, 6.07) is 6.91. The third kappa shape index (κ3) is 3.82. The summed E-state index contributed by atoms with van der Waals surface area (Å²) in [6.45, 7) is 3.54. The number of benzene rings is 1. The van der Waals surface area contributed by atoms with Crippen LogP contribution in [0.25, 0.3) is 0 Å². The van der Waals surface area contributed by atoms with E-state index in [2.05, 4.69) is 46.0 Å². The number of hydrogen-bond donors (Lipinski definition) is 1. The van der Waals surface area contributed by atoms with Gasteiger partial charge in [-0.25, -0.2) is 0 Å². The predicted octanol–water partition coefficient (Wildman–Crippen LogP) is 3.20. The number of carbonyl (C=O) groups is 1. The molecular weight excluding hydrogens is 294 g/mol. The van der Waals surface area contributed by atoms with E-state index in [-0.39, 0.29) is 6.42 Å². The lowest BCUT2D eigenvalue weighted by atomic mass is 10.1. The highest BCUT2D eigenvalue weighted by Gasteiger charge is 2.29. The normalized spacial score (nSPS) is 15.1. The molecule has 18 heavy (non-hydrogen) atoms. The second-order valence-electron chi connectivity index (χ2n) is 4.94. The molecule has 1 aliphatic carbocycles. The van der Waals surface area contributed by atoms with Gasteiger partial charge in [0, 0.05) is 23.6 Å². The van der Waals surface area contributed by atoms with E-state index in [0.29, 0.717) is 12.6 Å². The molecule has 1 aromatic carbocycles. The van der Waals surface area contributed by atoms with Gasteiger partial charge in [0.15, 0.2) is 0 Å². The molecule has 1 aliphatic rings. The van der Waals surface area contributed by atoms with Crippen LogP contribution in [0, 0.1) is 6.92 Å². The molecule has 0 aliphatic heterocycles. The summed E-state index contributed by atoms with van der Waals surface area (Å²) in [5, 5.41) is 8.79. The van der Waals surface area contributed by atoms with Crippen LogP contribution in [0.4, 0.5) is 0 Å². The van der Waals surface area contributed by atoms with Crippen molar-refractivity contribution >= 4 is 21.9 Å². The minimum absolute atomic E-state index is 0.222.